The Morgan fingerprint density at radius 2 is 1.18 bits per heavy atom. The molecule has 0 aliphatic rings. The summed E-state index contributed by atoms with van der Waals surface area (Å²) >= 11 is 0. The van der Waals surface area contributed by atoms with E-state index in [0.29, 0.717) is 12.8 Å². The maximum absolute atomic E-state index is 13.3. The largest absolute Gasteiger partial charge is 0.457 e. The van der Waals surface area contributed by atoms with E-state index in [1.807, 2.05) is 34.6 Å². The fourth-order valence-electron chi connectivity index (χ4n) is 4.18. The highest BCUT2D eigenvalue weighted by Gasteiger charge is 2.45. The number of hydrogen-bond donors (Lipinski definition) is 0. The normalized spacial score (nSPS) is 16.0. The summed E-state index contributed by atoms with van der Waals surface area (Å²) in [6.07, 6.45) is 4.56. The van der Waals surface area contributed by atoms with Crippen LogP contribution in [-0.2, 0) is 19.3 Å². The summed E-state index contributed by atoms with van der Waals surface area (Å²) in [5.74, 6) is -0.316. The van der Waals surface area contributed by atoms with Crippen LogP contribution in [0.1, 0.15) is 122 Å². The third-order valence-electron chi connectivity index (χ3n) is 4.59. The number of esters is 1. The van der Waals surface area contributed by atoms with Gasteiger partial charge in [-0.25, -0.2) is 14.6 Å². The lowest BCUT2D eigenvalue weighted by molar-refractivity contribution is -0.406. The van der Waals surface area contributed by atoms with Crippen LogP contribution in [0, 0.1) is 10.8 Å². The van der Waals surface area contributed by atoms with Crippen molar-refractivity contribution in [3.8, 4) is 0 Å². The molecule has 0 spiro atoms. The Hall–Kier alpha value is -0.610. The topological polar surface area (TPSA) is 44.8 Å². The summed E-state index contributed by atoms with van der Waals surface area (Å²) in [6, 6.07) is 0. The van der Waals surface area contributed by atoms with E-state index in [2.05, 4.69) is 48.5 Å². The molecular formula is C24H48O4. The van der Waals surface area contributed by atoms with Gasteiger partial charge in [0.1, 0.15) is 5.60 Å². The average molecular weight is 401 g/mol. The molecule has 0 heterocycles. The van der Waals surface area contributed by atoms with Crippen LogP contribution in [0.15, 0.2) is 0 Å². The molecule has 1 atom stereocenters. The van der Waals surface area contributed by atoms with E-state index in [0.717, 1.165) is 25.7 Å². The van der Waals surface area contributed by atoms with Crippen LogP contribution in [0.4, 0.5) is 0 Å². The Morgan fingerprint density at radius 3 is 1.57 bits per heavy atom. The number of unbranched alkanes of at least 4 members (excludes halogenated alkanes) is 1. The highest BCUT2D eigenvalue weighted by atomic mass is 17.2. The van der Waals surface area contributed by atoms with Crippen LogP contribution in [0.3, 0.4) is 0 Å². The highest BCUT2D eigenvalue weighted by molar-refractivity contribution is 5.79. The van der Waals surface area contributed by atoms with E-state index >= 15 is 0 Å². The van der Waals surface area contributed by atoms with Gasteiger partial charge in [-0.3, -0.25) is 0 Å². The summed E-state index contributed by atoms with van der Waals surface area (Å²) in [4.78, 5) is 25.1. The maximum Gasteiger partial charge on any atom is 0.342 e. The van der Waals surface area contributed by atoms with Crippen molar-refractivity contribution in [2.24, 2.45) is 10.8 Å². The minimum atomic E-state index is -1.07. The predicted molar refractivity (Wildman–Crippen MR) is 117 cm³/mol. The molecular weight excluding hydrogens is 352 g/mol. The van der Waals surface area contributed by atoms with Gasteiger partial charge in [0, 0.05) is 0 Å². The van der Waals surface area contributed by atoms with Crippen molar-refractivity contribution in [1.82, 2.24) is 0 Å². The summed E-state index contributed by atoms with van der Waals surface area (Å²) in [5.41, 5.74) is -1.97. The first-order valence-corrected chi connectivity index (χ1v) is 11.0. The second-order valence-electron chi connectivity index (χ2n) is 12.0. The van der Waals surface area contributed by atoms with Crippen LogP contribution >= 0.6 is 0 Å². The van der Waals surface area contributed by atoms with Crippen LogP contribution in [0.2, 0.25) is 0 Å². The van der Waals surface area contributed by atoms with E-state index in [1.165, 1.54) is 0 Å². The fourth-order valence-corrected chi connectivity index (χ4v) is 4.18. The quantitative estimate of drug-likeness (QED) is 0.208. The number of carbonyl (C=O) groups is 1. The Labute approximate surface area is 175 Å². The lowest BCUT2D eigenvalue weighted by Crippen LogP contribution is -2.48. The van der Waals surface area contributed by atoms with E-state index in [4.69, 9.17) is 14.5 Å². The van der Waals surface area contributed by atoms with Crippen molar-refractivity contribution >= 4 is 5.97 Å². The van der Waals surface area contributed by atoms with Crippen LogP contribution in [0.5, 0.6) is 0 Å². The Kier molecular flexibility index (Phi) is 9.71. The molecule has 0 rings (SSSR count). The van der Waals surface area contributed by atoms with Gasteiger partial charge in [0.05, 0.1) is 5.60 Å². The molecule has 28 heavy (non-hydrogen) atoms. The van der Waals surface area contributed by atoms with E-state index in [-0.39, 0.29) is 16.8 Å². The van der Waals surface area contributed by atoms with E-state index in [1.54, 1.807) is 0 Å². The molecule has 0 fully saturated rings. The minimum absolute atomic E-state index is 0.0636. The molecule has 0 aromatic rings. The summed E-state index contributed by atoms with van der Waals surface area (Å²) in [6.45, 7) is 25.0. The third-order valence-corrected chi connectivity index (χ3v) is 4.59. The summed E-state index contributed by atoms with van der Waals surface area (Å²) in [7, 11) is 0. The number of ether oxygens (including phenoxy) is 1. The lowest BCUT2D eigenvalue weighted by Gasteiger charge is -2.39. The Bertz CT molecular complexity index is 480. The Balaban J connectivity index is 5.45. The zero-order chi connectivity index (χ0) is 22.4. The average Bonchev–Trinajstić information content (AvgIpc) is 2.42. The molecule has 0 saturated carbocycles. The predicted octanol–water partition coefficient (Wildman–Crippen LogP) is 7.25. The zero-order valence-corrected chi connectivity index (χ0v) is 20.9. The van der Waals surface area contributed by atoms with Crippen molar-refractivity contribution in [1.29, 1.82) is 0 Å². The molecule has 0 N–H and O–H groups in total. The number of hydrogen-bond acceptors (Lipinski definition) is 4. The molecule has 168 valence electrons. The molecule has 0 amide bonds. The summed E-state index contributed by atoms with van der Waals surface area (Å²) < 4.78 is 5.99. The second-order valence-corrected chi connectivity index (χ2v) is 12.0. The van der Waals surface area contributed by atoms with Gasteiger partial charge in [-0.05, 0) is 64.2 Å². The molecule has 4 nitrogen and oxygen atoms in total. The van der Waals surface area contributed by atoms with Gasteiger partial charge in [0.2, 0.25) is 0 Å². The third kappa shape index (κ3) is 10.8. The molecule has 0 aromatic carbocycles. The first-order chi connectivity index (χ1) is 12.4. The molecule has 0 aliphatic heterocycles. The molecule has 0 radical (unpaired) electrons. The van der Waals surface area contributed by atoms with Gasteiger partial charge < -0.3 is 4.74 Å². The van der Waals surface area contributed by atoms with Crippen LogP contribution in [-0.4, -0.2) is 22.8 Å². The van der Waals surface area contributed by atoms with Crippen molar-refractivity contribution in [3.63, 3.8) is 0 Å². The first-order valence-electron chi connectivity index (χ1n) is 11.0. The van der Waals surface area contributed by atoms with Gasteiger partial charge in [0.25, 0.3) is 0 Å². The van der Waals surface area contributed by atoms with Crippen LogP contribution in [0.25, 0.3) is 0 Å². The van der Waals surface area contributed by atoms with Crippen molar-refractivity contribution < 1.29 is 19.3 Å². The molecule has 1 unspecified atom stereocenters. The van der Waals surface area contributed by atoms with Gasteiger partial charge in [0.15, 0.2) is 5.60 Å². The second kappa shape index (κ2) is 9.93. The SMILES string of the molecule is CCCCC(CC)(OOC(C)(C)CC(C)(C)C)C(=O)OC(C)(C)CC(C)(C)C. The molecule has 4 heteroatoms. The number of carbonyl (C=O) groups excluding carboxylic acids is 1. The fraction of sp³-hybridized carbons (Fsp3) is 0.958. The van der Waals surface area contributed by atoms with Crippen LogP contribution < -0.4 is 0 Å². The smallest absolute Gasteiger partial charge is 0.342 e. The van der Waals surface area contributed by atoms with E-state index in [9.17, 15) is 4.79 Å². The zero-order valence-electron chi connectivity index (χ0n) is 20.9. The minimum Gasteiger partial charge on any atom is -0.457 e. The first kappa shape index (κ1) is 27.4. The van der Waals surface area contributed by atoms with Gasteiger partial charge in [-0.15, -0.1) is 0 Å². The van der Waals surface area contributed by atoms with Gasteiger partial charge in [-0.1, -0.05) is 68.2 Å². The van der Waals surface area contributed by atoms with Crippen molar-refractivity contribution in [2.75, 3.05) is 0 Å². The van der Waals surface area contributed by atoms with Crippen molar-refractivity contribution in [3.05, 3.63) is 0 Å². The molecule has 0 aliphatic carbocycles. The monoisotopic (exact) mass is 400 g/mol. The standard InChI is InChI=1S/C24H48O4/c1-13-15-16-24(14-2,28-27-23(11,12)18-21(6,7)8)19(25)26-22(9,10)17-20(3,4)5/h13-18H2,1-12H3. The molecule has 0 saturated heterocycles. The molecule has 0 bridgehead atoms. The lowest BCUT2D eigenvalue weighted by atomic mass is 9.83. The van der Waals surface area contributed by atoms with Gasteiger partial charge in [-0.2, -0.15) is 0 Å². The molecule has 0 aromatic heterocycles. The number of rotatable bonds is 11. The maximum atomic E-state index is 13.3. The van der Waals surface area contributed by atoms with Crippen molar-refractivity contribution in [2.45, 2.75) is 138 Å². The highest BCUT2D eigenvalue weighted by Crippen LogP contribution is 2.36. The van der Waals surface area contributed by atoms with E-state index < -0.39 is 16.8 Å². The van der Waals surface area contributed by atoms with Gasteiger partial charge >= 0.3 is 5.97 Å². The Morgan fingerprint density at radius 1 is 0.714 bits per heavy atom. The summed E-state index contributed by atoms with van der Waals surface area (Å²) in [5, 5.41) is 0.